The summed E-state index contributed by atoms with van der Waals surface area (Å²) in [5.74, 6) is 1.13. The third kappa shape index (κ3) is 2.97. The lowest BCUT2D eigenvalue weighted by Crippen LogP contribution is -2.46. The van der Waals surface area contributed by atoms with Crippen molar-refractivity contribution in [3.05, 3.63) is 0 Å². The van der Waals surface area contributed by atoms with Gasteiger partial charge in [-0.05, 0) is 51.0 Å². The van der Waals surface area contributed by atoms with Crippen molar-refractivity contribution in [1.29, 1.82) is 0 Å². The predicted molar refractivity (Wildman–Crippen MR) is 65.2 cm³/mol. The molecular weight excluding hydrogens is 200 g/mol. The zero-order valence-electron chi connectivity index (χ0n) is 10.3. The Morgan fingerprint density at radius 2 is 2.00 bits per heavy atom. The van der Waals surface area contributed by atoms with Crippen LogP contribution >= 0.6 is 0 Å². The van der Waals surface area contributed by atoms with E-state index in [1.807, 2.05) is 0 Å². The van der Waals surface area contributed by atoms with Crippen molar-refractivity contribution in [2.24, 2.45) is 5.92 Å². The fourth-order valence-corrected chi connectivity index (χ4v) is 2.93. The van der Waals surface area contributed by atoms with Gasteiger partial charge in [0, 0.05) is 6.04 Å². The maximum absolute atomic E-state index is 11.9. The largest absolute Gasteiger partial charge is 0.352 e. The zero-order chi connectivity index (χ0) is 11.4. The second-order valence-electron chi connectivity index (χ2n) is 5.28. The van der Waals surface area contributed by atoms with E-state index >= 15 is 0 Å². The summed E-state index contributed by atoms with van der Waals surface area (Å²) < 4.78 is 0. The lowest BCUT2D eigenvalue weighted by molar-refractivity contribution is -0.123. The molecule has 2 fully saturated rings. The molecule has 1 saturated carbocycles. The number of carbonyl (C=O) groups is 1. The first-order chi connectivity index (χ1) is 7.79. The van der Waals surface area contributed by atoms with E-state index < -0.39 is 0 Å². The molecule has 0 bridgehead atoms. The maximum atomic E-state index is 11.9. The normalized spacial score (nSPS) is 34.9. The Labute approximate surface area is 98.4 Å². The van der Waals surface area contributed by atoms with Crippen molar-refractivity contribution in [3.63, 3.8) is 0 Å². The van der Waals surface area contributed by atoms with Gasteiger partial charge in [0.15, 0.2) is 0 Å². The van der Waals surface area contributed by atoms with Crippen molar-refractivity contribution in [2.75, 3.05) is 6.54 Å². The van der Waals surface area contributed by atoms with Crippen LogP contribution in [0.5, 0.6) is 0 Å². The first-order valence-corrected chi connectivity index (χ1v) is 6.83. The van der Waals surface area contributed by atoms with Gasteiger partial charge >= 0.3 is 0 Å². The molecule has 0 aromatic carbocycles. The Morgan fingerprint density at radius 3 is 2.56 bits per heavy atom. The number of hydrogen-bond acceptors (Lipinski definition) is 2. The second-order valence-corrected chi connectivity index (χ2v) is 5.28. The molecular formula is C13H24N2O. The Morgan fingerprint density at radius 1 is 1.25 bits per heavy atom. The minimum absolute atomic E-state index is 0.0869. The molecule has 0 radical (unpaired) electrons. The molecule has 0 aromatic rings. The van der Waals surface area contributed by atoms with Crippen molar-refractivity contribution in [2.45, 2.75) is 64.0 Å². The quantitative estimate of drug-likeness (QED) is 0.768. The van der Waals surface area contributed by atoms with Gasteiger partial charge in [-0.25, -0.2) is 0 Å². The Hall–Kier alpha value is -0.570. The third-order valence-corrected chi connectivity index (χ3v) is 4.15. The first kappa shape index (κ1) is 11.9. The van der Waals surface area contributed by atoms with Crippen LogP contribution in [0.25, 0.3) is 0 Å². The van der Waals surface area contributed by atoms with Gasteiger partial charge in [-0.15, -0.1) is 0 Å². The van der Waals surface area contributed by atoms with Crippen LogP contribution in [-0.2, 0) is 4.79 Å². The van der Waals surface area contributed by atoms with Gasteiger partial charge in [0.2, 0.25) is 5.91 Å². The Balaban J connectivity index is 1.71. The molecule has 1 unspecified atom stereocenters. The van der Waals surface area contributed by atoms with Crippen LogP contribution in [0, 0.1) is 5.92 Å². The highest BCUT2D eigenvalue weighted by Crippen LogP contribution is 2.26. The van der Waals surface area contributed by atoms with Crippen LogP contribution in [0.3, 0.4) is 0 Å². The molecule has 2 aliphatic rings. The number of rotatable bonds is 3. The molecule has 3 nitrogen and oxygen atoms in total. The topological polar surface area (TPSA) is 41.1 Å². The fraction of sp³-hybridized carbons (Fsp3) is 0.923. The summed E-state index contributed by atoms with van der Waals surface area (Å²) in [5.41, 5.74) is 0. The van der Waals surface area contributed by atoms with E-state index in [9.17, 15) is 4.79 Å². The molecule has 1 aliphatic heterocycles. The standard InChI is InChI=1S/C13H24N2O/c1-2-10-5-7-11(8-6-10)15-13(16)12-4-3-9-14-12/h10-12,14H,2-9H2,1H3,(H,15,16). The van der Waals surface area contributed by atoms with Crippen LogP contribution < -0.4 is 10.6 Å². The number of hydrogen-bond donors (Lipinski definition) is 2. The highest BCUT2D eigenvalue weighted by Gasteiger charge is 2.26. The number of nitrogens with one attached hydrogen (secondary N) is 2. The van der Waals surface area contributed by atoms with Crippen molar-refractivity contribution in [1.82, 2.24) is 10.6 Å². The summed E-state index contributed by atoms with van der Waals surface area (Å²) in [4.78, 5) is 11.9. The van der Waals surface area contributed by atoms with Crippen molar-refractivity contribution in [3.8, 4) is 0 Å². The predicted octanol–water partition coefficient (Wildman–Crippen LogP) is 1.82. The summed E-state index contributed by atoms with van der Waals surface area (Å²) >= 11 is 0. The van der Waals surface area contributed by atoms with E-state index in [0.717, 1.165) is 25.3 Å². The Kier molecular flexibility index (Phi) is 4.22. The zero-order valence-corrected chi connectivity index (χ0v) is 10.3. The fourth-order valence-electron chi connectivity index (χ4n) is 2.93. The highest BCUT2D eigenvalue weighted by atomic mass is 16.2. The minimum atomic E-state index is 0.0869. The van der Waals surface area contributed by atoms with E-state index in [1.165, 1.54) is 32.1 Å². The molecule has 2 N–H and O–H groups in total. The van der Waals surface area contributed by atoms with Crippen LogP contribution in [0.2, 0.25) is 0 Å². The van der Waals surface area contributed by atoms with Crippen molar-refractivity contribution >= 4 is 5.91 Å². The number of carbonyl (C=O) groups excluding carboxylic acids is 1. The highest BCUT2D eigenvalue weighted by molar-refractivity contribution is 5.82. The molecule has 1 amide bonds. The van der Waals surface area contributed by atoms with Gasteiger partial charge in [0.1, 0.15) is 0 Å². The molecule has 0 aromatic heterocycles. The molecule has 92 valence electrons. The van der Waals surface area contributed by atoms with Crippen molar-refractivity contribution < 1.29 is 4.79 Å². The molecule has 16 heavy (non-hydrogen) atoms. The van der Waals surface area contributed by atoms with Gasteiger partial charge in [0.25, 0.3) is 0 Å². The van der Waals surface area contributed by atoms with E-state index in [-0.39, 0.29) is 11.9 Å². The SMILES string of the molecule is CCC1CCC(NC(=O)C2CCCN2)CC1. The second kappa shape index (κ2) is 5.67. The Bertz CT molecular complexity index is 228. The van der Waals surface area contributed by atoms with Crippen LogP contribution in [0.4, 0.5) is 0 Å². The minimum Gasteiger partial charge on any atom is -0.352 e. The first-order valence-electron chi connectivity index (χ1n) is 6.83. The molecule has 1 atom stereocenters. The monoisotopic (exact) mass is 224 g/mol. The summed E-state index contributed by atoms with van der Waals surface area (Å²) in [6, 6.07) is 0.529. The van der Waals surface area contributed by atoms with Gasteiger partial charge in [-0.1, -0.05) is 13.3 Å². The molecule has 1 saturated heterocycles. The third-order valence-electron chi connectivity index (χ3n) is 4.15. The van der Waals surface area contributed by atoms with E-state index in [4.69, 9.17) is 0 Å². The van der Waals surface area contributed by atoms with E-state index in [2.05, 4.69) is 17.6 Å². The number of amides is 1. The summed E-state index contributed by atoms with van der Waals surface area (Å²) in [5, 5.41) is 6.46. The van der Waals surface area contributed by atoms with Crippen LogP contribution in [0.15, 0.2) is 0 Å². The molecule has 1 aliphatic carbocycles. The van der Waals surface area contributed by atoms with Gasteiger partial charge < -0.3 is 10.6 Å². The van der Waals surface area contributed by atoms with Gasteiger partial charge in [0.05, 0.1) is 6.04 Å². The average molecular weight is 224 g/mol. The average Bonchev–Trinajstić information content (AvgIpc) is 2.83. The van der Waals surface area contributed by atoms with Crippen LogP contribution in [0.1, 0.15) is 51.9 Å². The lowest BCUT2D eigenvalue weighted by atomic mass is 9.84. The summed E-state index contributed by atoms with van der Waals surface area (Å²) in [6.07, 6.45) is 8.38. The smallest absolute Gasteiger partial charge is 0.237 e. The van der Waals surface area contributed by atoms with Gasteiger partial charge in [-0.2, -0.15) is 0 Å². The summed E-state index contributed by atoms with van der Waals surface area (Å²) in [7, 11) is 0. The van der Waals surface area contributed by atoms with E-state index in [1.54, 1.807) is 0 Å². The molecule has 2 rings (SSSR count). The van der Waals surface area contributed by atoms with Gasteiger partial charge in [-0.3, -0.25) is 4.79 Å². The lowest BCUT2D eigenvalue weighted by Gasteiger charge is -2.29. The molecule has 3 heteroatoms. The summed E-state index contributed by atoms with van der Waals surface area (Å²) in [6.45, 7) is 3.27. The van der Waals surface area contributed by atoms with E-state index in [0.29, 0.717) is 6.04 Å². The molecule has 0 spiro atoms. The molecule has 1 heterocycles. The van der Waals surface area contributed by atoms with Crippen LogP contribution in [-0.4, -0.2) is 24.5 Å². The maximum Gasteiger partial charge on any atom is 0.237 e.